The molecule has 0 aromatic heterocycles. The maximum absolute atomic E-state index is 12.4. The summed E-state index contributed by atoms with van der Waals surface area (Å²) in [5.41, 5.74) is 0. The molecule has 2 N–H and O–H groups in total. The van der Waals surface area contributed by atoms with E-state index in [1.54, 1.807) is 23.1 Å². The summed E-state index contributed by atoms with van der Waals surface area (Å²) in [5.74, 6) is -0.0189. The van der Waals surface area contributed by atoms with Gasteiger partial charge in [-0.2, -0.15) is 0 Å². The van der Waals surface area contributed by atoms with Gasteiger partial charge in [-0.3, -0.25) is 4.79 Å². The van der Waals surface area contributed by atoms with Crippen LogP contribution in [0.5, 0.6) is 0 Å². The Bertz CT molecular complexity index is 867. The lowest BCUT2D eigenvalue weighted by Gasteiger charge is -2.32. The molecule has 1 atom stereocenters. The first-order valence-electron chi connectivity index (χ1n) is 8.45. The maximum atomic E-state index is 12.4. The molecular formula is C18H23N3O3S. The highest BCUT2D eigenvalue weighted by Gasteiger charge is 2.21. The van der Waals surface area contributed by atoms with Crippen molar-refractivity contribution in [1.29, 1.82) is 0 Å². The van der Waals surface area contributed by atoms with E-state index in [9.17, 15) is 13.2 Å². The SMILES string of the molecule is CC1CN(C(=O)CCNS(=O)(=O)c2ccc3ccccc3c2)CCN1. The molecule has 0 bridgehead atoms. The van der Waals surface area contributed by atoms with E-state index >= 15 is 0 Å². The Morgan fingerprint density at radius 2 is 2.00 bits per heavy atom. The number of fused-ring (bicyclic) bond motifs is 1. The summed E-state index contributed by atoms with van der Waals surface area (Å²) >= 11 is 0. The van der Waals surface area contributed by atoms with Gasteiger partial charge in [-0.05, 0) is 29.8 Å². The fraction of sp³-hybridized carbons (Fsp3) is 0.389. The standard InChI is InChI=1S/C18H23N3O3S/c1-14-13-21(11-10-19-14)18(22)8-9-20-25(23,24)17-7-6-15-4-2-3-5-16(15)12-17/h2-7,12,14,19-20H,8-11,13H2,1H3. The summed E-state index contributed by atoms with van der Waals surface area (Å²) < 4.78 is 27.4. The molecular weight excluding hydrogens is 338 g/mol. The van der Waals surface area contributed by atoms with E-state index in [-0.39, 0.29) is 29.8 Å². The highest BCUT2D eigenvalue weighted by atomic mass is 32.2. The maximum Gasteiger partial charge on any atom is 0.240 e. The van der Waals surface area contributed by atoms with E-state index in [2.05, 4.69) is 10.0 Å². The predicted octanol–water partition coefficient (Wildman–Crippen LogP) is 1.33. The highest BCUT2D eigenvalue weighted by molar-refractivity contribution is 7.89. The molecule has 134 valence electrons. The van der Waals surface area contributed by atoms with Crippen molar-refractivity contribution in [3.8, 4) is 0 Å². The lowest BCUT2D eigenvalue weighted by atomic mass is 10.1. The Morgan fingerprint density at radius 3 is 2.76 bits per heavy atom. The number of nitrogens with zero attached hydrogens (tertiary/aromatic N) is 1. The Morgan fingerprint density at radius 1 is 1.24 bits per heavy atom. The van der Waals surface area contributed by atoms with Crippen molar-refractivity contribution in [2.24, 2.45) is 0 Å². The van der Waals surface area contributed by atoms with E-state index < -0.39 is 10.0 Å². The zero-order valence-corrected chi connectivity index (χ0v) is 15.1. The molecule has 2 aromatic carbocycles. The Kier molecular flexibility index (Phi) is 5.36. The second-order valence-corrected chi connectivity index (χ2v) is 8.12. The second kappa shape index (κ2) is 7.51. The van der Waals surface area contributed by atoms with Crippen LogP contribution in [0.1, 0.15) is 13.3 Å². The average Bonchev–Trinajstić information content (AvgIpc) is 2.61. The molecule has 1 aliphatic rings. The van der Waals surface area contributed by atoms with Gasteiger partial charge >= 0.3 is 0 Å². The average molecular weight is 361 g/mol. The Balaban J connectivity index is 1.60. The highest BCUT2D eigenvalue weighted by Crippen LogP contribution is 2.18. The molecule has 25 heavy (non-hydrogen) atoms. The minimum atomic E-state index is -3.62. The molecule has 0 aliphatic carbocycles. The van der Waals surface area contributed by atoms with Crippen LogP contribution in [0.25, 0.3) is 10.8 Å². The fourth-order valence-electron chi connectivity index (χ4n) is 3.03. The van der Waals surface area contributed by atoms with Crippen molar-refractivity contribution < 1.29 is 13.2 Å². The van der Waals surface area contributed by atoms with Gasteiger partial charge in [0.15, 0.2) is 0 Å². The molecule has 3 rings (SSSR count). The third-order valence-corrected chi connectivity index (χ3v) is 5.84. The van der Waals surface area contributed by atoms with E-state index in [0.29, 0.717) is 13.1 Å². The summed E-state index contributed by atoms with van der Waals surface area (Å²) in [4.78, 5) is 14.2. The van der Waals surface area contributed by atoms with Gasteiger partial charge < -0.3 is 10.2 Å². The van der Waals surface area contributed by atoms with Crippen LogP contribution in [0.4, 0.5) is 0 Å². The van der Waals surface area contributed by atoms with Gasteiger partial charge in [0.1, 0.15) is 0 Å². The topological polar surface area (TPSA) is 78.5 Å². The van der Waals surface area contributed by atoms with Crippen molar-refractivity contribution >= 4 is 26.7 Å². The number of nitrogens with one attached hydrogen (secondary N) is 2. The zero-order valence-electron chi connectivity index (χ0n) is 14.2. The summed E-state index contributed by atoms with van der Waals surface area (Å²) in [6.45, 7) is 4.24. The minimum absolute atomic E-state index is 0.0189. The quantitative estimate of drug-likeness (QED) is 0.842. The monoisotopic (exact) mass is 361 g/mol. The number of sulfonamides is 1. The number of piperazine rings is 1. The van der Waals surface area contributed by atoms with E-state index in [1.807, 2.05) is 31.2 Å². The largest absolute Gasteiger partial charge is 0.340 e. The number of hydrogen-bond acceptors (Lipinski definition) is 4. The molecule has 2 aromatic rings. The minimum Gasteiger partial charge on any atom is -0.340 e. The fourth-order valence-corrected chi connectivity index (χ4v) is 4.09. The van der Waals surface area contributed by atoms with Gasteiger partial charge in [-0.15, -0.1) is 0 Å². The van der Waals surface area contributed by atoms with Crippen LogP contribution in [0.2, 0.25) is 0 Å². The van der Waals surface area contributed by atoms with Crippen LogP contribution in [-0.4, -0.2) is 51.4 Å². The molecule has 7 heteroatoms. The molecule has 0 radical (unpaired) electrons. The molecule has 1 aliphatic heterocycles. The summed E-state index contributed by atoms with van der Waals surface area (Å²) in [6.07, 6.45) is 0.166. The third kappa shape index (κ3) is 4.36. The number of benzene rings is 2. The normalized spacial score (nSPS) is 18.4. The number of rotatable bonds is 5. The van der Waals surface area contributed by atoms with Crippen LogP contribution in [0.15, 0.2) is 47.4 Å². The molecule has 0 saturated carbocycles. The van der Waals surface area contributed by atoms with Gasteiger partial charge in [0, 0.05) is 38.6 Å². The first-order valence-corrected chi connectivity index (χ1v) is 9.94. The summed E-state index contributed by atoms with van der Waals surface area (Å²) in [7, 11) is -3.62. The first kappa shape index (κ1) is 17.8. The van der Waals surface area contributed by atoms with Crippen molar-refractivity contribution in [3.63, 3.8) is 0 Å². The molecule has 1 saturated heterocycles. The molecule has 1 heterocycles. The van der Waals surface area contributed by atoms with E-state index in [4.69, 9.17) is 0 Å². The molecule has 1 fully saturated rings. The third-order valence-electron chi connectivity index (χ3n) is 4.38. The summed E-state index contributed by atoms with van der Waals surface area (Å²) in [6, 6.07) is 12.9. The van der Waals surface area contributed by atoms with E-state index in [1.165, 1.54) is 0 Å². The Labute approximate surface area is 148 Å². The number of carbonyl (C=O) groups excluding carboxylic acids is 1. The number of hydrogen-bond donors (Lipinski definition) is 2. The molecule has 1 amide bonds. The van der Waals surface area contributed by atoms with Gasteiger partial charge in [0.2, 0.25) is 15.9 Å². The molecule has 1 unspecified atom stereocenters. The first-order chi connectivity index (χ1) is 12.0. The number of amides is 1. The van der Waals surface area contributed by atoms with Gasteiger partial charge in [-0.25, -0.2) is 13.1 Å². The second-order valence-electron chi connectivity index (χ2n) is 6.35. The van der Waals surface area contributed by atoms with Crippen molar-refractivity contribution in [3.05, 3.63) is 42.5 Å². The predicted molar refractivity (Wildman–Crippen MR) is 97.8 cm³/mol. The van der Waals surface area contributed by atoms with Crippen LogP contribution in [0, 0.1) is 0 Å². The van der Waals surface area contributed by atoms with Crippen LogP contribution < -0.4 is 10.0 Å². The van der Waals surface area contributed by atoms with Gasteiger partial charge in [0.05, 0.1) is 4.90 Å². The van der Waals surface area contributed by atoms with Gasteiger partial charge in [0.25, 0.3) is 0 Å². The van der Waals surface area contributed by atoms with Gasteiger partial charge in [-0.1, -0.05) is 30.3 Å². The summed E-state index contributed by atoms with van der Waals surface area (Å²) in [5, 5.41) is 5.14. The number of carbonyl (C=O) groups is 1. The van der Waals surface area contributed by atoms with Crippen molar-refractivity contribution in [2.45, 2.75) is 24.3 Å². The molecule has 0 spiro atoms. The van der Waals surface area contributed by atoms with Crippen LogP contribution >= 0.6 is 0 Å². The van der Waals surface area contributed by atoms with Crippen LogP contribution in [-0.2, 0) is 14.8 Å². The molecule has 6 nitrogen and oxygen atoms in total. The Hall–Kier alpha value is -1.96. The zero-order chi connectivity index (χ0) is 17.9. The lowest BCUT2D eigenvalue weighted by Crippen LogP contribution is -2.51. The van der Waals surface area contributed by atoms with Crippen molar-refractivity contribution in [1.82, 2.24) is 14.9 Å². The van der Waals surface area contributed by atoms with Crippen LogP contribution in [0.3, 0.4) is 0 Å². The lowest BCUT2D eigenvalue weighted by molar-refractivity contribution is -0.132. The smallest absolute Gasteiger partial charge is 0.240 e. The van der Waals surface area contributed by atoms with E-state index in [0.717, 1.165) is 17.3 Å². The van der Waals surface area contributed by atoms with Crippen molar-refractivity contribution in [2.75, 3.05) is 26.2 Å².